The third-order valence-corrected chi connectivity index (χ3v) is 3.80. The lowest BCUT2D eigenvalue weighted by Gasteiger charge is -2.11. The number of hydrogen-bond donors (Lipinski definition) is 2. The summed E-state index contributed by atoms with van der Waals surface area (Å²) < 4.78 is 27.5. The second-order valence-corrected chi connectivity index (χ2v) is 5.58. The highest BCUT2D eigenvalue weighted by molar-refractivity contribution is 6.06. The maximum absolute atomic E-state index is 13.2. The van der Waals surface area contributed by atoms with Crippen LogP contribution < -0.4 is 16.4 Å². The monoisotopic (exact) mass is 372 g/mol. The van der Waals surface area contributed by atoms with Gasteiger partial charge in [0.1, 0.15) is 11.6 Å². The molecule has 0 atom stereocenters. The third kappa shape index (κ3) is 3.66. The van der Waals surface area contributed by atoms with Gasteiger partial charge in [-0.1, -0.05) is 18.2 Å². The number of aromatic nitrogens is 2. The molecule has 0 spiro atoms. The summed E-state index contributed by atoms with van der Waals surface area (Å²) in [5.41, 5.74) is 3.49. The van der Waals surface area contributed by atoms with E-state index in [9.17, 15) is 23.2 Å². The zero-order chi connectivity index (χ0) is 19.6. The maximum Gasteiger partial charge on any atom is 0.290 e. The summed E-state index contributed by atoms with van der Waals surface area (Å²) in [4.78, 5) is 36.7. The van der Waals surface area contributed by atoms with E-state index in [2.05, 4.69) is 16.0 Å². The molecule has 7 nitrogen and oxygen atoms in total. The second-order valence-electron chi connectivity index (χ2n) is 5.58. The Morgan fingerprint density at radius 1 is 1.00 bits per heavy atom. The van der Waals surface area contributed by atoms with Gasteiger partial charge in [-0.25, -0.2) is 13.5 Å². The fourth-order valence-corrected chi connectivity index (χ4v) is 2.55. The summed E-state index contributed by atoms with van der Waals surface area (Å²) in [7, 11) is 0. The number of benzene rings is 2. The number of rotatable bonds is 3. The van der Waals surface area contributed by atoms with Crippen LogP contribution in [0.3, 0.4) is 0 Å². The SMILES string of the molecule is CCn1nc(C(=O)NNC(=O)c2cc(F)cc(F)c2)c2ccccc2c1=O. The Morgan fingerprint density at radius 3 is 2.22 bits per heavy atom. The van der Waals surface area contributed by atoms with Crippen LogP contribution in [0.25, 0.3) is 10.8 Å². The van der Waals surface area contributed by atoms with Crippen molar-refractivity contribution in [2.24, 2.45) is 0 Å². The van der Waals surface area contributed by atoms with E-state index < -0.39 is 23.4 Å². The molecule has 0 aliphatic heterocycles. The molecule has 0 saturated heterocycles. The van der Waals surface area contributed by atoms with Crippen LogP contribution in [0.4, 0.5) is 8.78 Å². The highest BCUT2D eigenvalue weighted by Gasteiger charge is 2.17. The number of nitrogens with one attached hydrogen (secondary N) is 2. The van der Waals surface area contributed by atoms with Gasteiger partial charge in [-0.3, -0.25) is 25.2 Å². The van der Waals surface area contributed by atoms with Crippen molar-refractivity contribution < 1.29 is 18.4 Å². The van der Waals surface area contributed by atoms with Crippen molar-refractivity contribution in [3.8, 4) is 0 Å². The molecule has 2 N–H and O–H groups in total. The Balaban J connectivity index is 1.87. The van der Waals surface area contributed by atoms with E-state index in [1.165, 1.54) is 0 Å². The van der Waals surface area contributed by atoms with Gasteiger partial charge < -0.3 is 0 Å². The van der Waals surface area contributed by atoms with Gasteiger partial charge in [0.25, 0.3) is 17.4 Å². The molecule has 0 unspecified atom stereocenters. The Labute approximate surface area is 151 Å². The van der Waals surface area contributed by atoms with Gasteiger partial charge >= 0.3 is 0 Å². The average molecular weight is 372 g/mol. The number of fused-ring (bicyclic) bond motifs is 1. The van der Waals surface area contributed by atoms with Crippen molar-refractivity contribution in [2.45, 2.75) is 13.5 Å². The fraction of sp³-hybridized carbons (Fsp3) is 0.111. The molecule has 2 aromatic carbocycles. The van der Waals surface area contributed by atoms with Gasteiger partial charge in [-0.2, -0.15) is 5.10 Å². The molecule has 0 aliphatic carbocycles. The Morgan fingerprint density at radius 2 is 1.59 bits per heavy atom. The first-order valence-corrected chi connectivity index (χ1v) is 7.97. The van der Waals surface area contributed by atoms with Crippen LogP contribution >= 0.6 is 0 Å². The topological polar surface area (TPSA) is 93.1 Å². The molecule has 2 amide bonds. The minimum absolute atomic E-state index is 0.0715. The first-order chi connectivity index (χ1) is 12.9. The predicted molar refractivity (Wildman–Crippen MR) is 93.0 cm³/mol. The van der Waals surface area contributed by atoms with Crippen LogP contribution in [0, 0.1) is 11.6 Å². The lowest BCUT2D eigenvalue weighted by Crippen LogP contribution is -2.42. The van der Waals surface area contributed by atoms with E-state index in [4.69, 9.17) is 0 Å². The average Bonchev–Trinajstić information content (AvgIpc) is 2.65. The molecule has 0 fully saturated rings. The largest absolute Gasteiger partial charge is 0.290 e. The summed E-state index contributed by atoms with van der Waals surface area (Å²) in [6.45, 7) is 1.95. The van der Waals surface area contributed by atoms with Crippen molar-refractivity contribution in [1.82, 2.24) is 20.6 Å². The van der Waals surface area contributed by atoms with E-state index in [1.54, 1.807) is 31.2 Å². The molecule has 0 radical (unpaired) electrons. The van der Waals surface area contributed by atoms with Gasteiger partial charge in [0.05, 0.1) is 5.39 Å². The molecule has 0 bridgehead atoms. The number of carbonyl (C=O) groups is 2. The molecule has 9 heteroatoms. The normalized spacial score (nSPS) is 10.6. The maximum atomic E-state index is 13.2. The summed E-state index contributed by atoms with van der Waals surface area (Å²) in [5, 5.41) is 4.64. The lowest BCUT2D eigenvalue weighted by atomic mass is 10.1. The van der Waals surface area contributed by atoms with E-state index in [-0.39, 0.29) is 23.4 Å². The van der Waals surface area contributed by atoms with Crippen LogP contribution in [-0.2, 0) is 6.54 Å². The van der Waals surface area contributed by atoms with Gasteiger partial charge in [0.2, 0.25) is 0 Å². The number of hydrazine groups is 1. The highest BCUT2D eigenvalue weighted by Crippen LogP contribution is 2.13. The van der Waals surface area contributed by atoms with Gasteiger partial charge in [0.15, 0.2) is 5.69 Å². The summed E-state index contributed by atoms with van der Waals surface area (Å²) >= 11 is 0. The molecule has 0 aliphatic rings. The molecule has 138 valence electrons. The van der Waals surface area contributed by atoms with Crippen molar-refractivity contribution in [2.75, 3.05) is 0 Å². The van der Waals surface area contributed by atoms with Crippen molar-refractivity contribution in [1.29, 1.82) is 0 Å². The zero-order valence-electron chi connectivity index (χ0n) is 14.1. The fourth-order valence-electron chi connectivity index (χ4n) is 2.55. The summed E-state index contributed by atoms with van der Waals surface area (Å²) in [6.07, 6.45) is 0. The molecule has 3 rings (SSSR count). The molecule has 0 saturated carbocycles. The van der Waals surface area contributed by atoms with Crippen LogP contribution in [0.1, 0.15) is 27.8 Å². The van der Waals surface area contributed by atoms with E-state index in [1.807, 2.05) is 0 Å². The number of halogens is 2. The quantitative estimate of drug-likeness (QED) is 0.686. The lowest BCUT2D eigenvalue weighted by molar-refractivity contribution is 0.0843. The van der Waals surface area contributed by atoms with Crippen LogP contribution in [0.2, 0.25) is 0 Å². The zero-order valence-corrected chi connectivity index (χ0v) is 14.1. The molecule has 3 aromatic rings. The molecule has 27 heavy (non-hydrogen) atoms. The minimum atomic E-state index is -0.922. The van der Waals surface area contributed by atoms with Crippen LogP contribution in [0.15, 0.2) is 47.3 Å². The smallest absolute Gasteiger partial charge is 0.267 e. The first kappa shape index (κ1) is 18.2. The molecular formula is C18H14F2N4O3. The van der Waals surface area contributed by atoms with Crippen LogP contribution in [0.5, 0.6) is 0 Å². The minimum Gasteiger partial charge on any atom is -0.267 e. The Hall–Kier alpha value is -3.62. The standard InChI is InChI=1S/C18H14F2N4O3/c1-2-24-18(27)14-6-4-3-5-13(14)15(23-24)17(26)22-21-16(25)10-7-11(19)9-12(20)8-10/h3-9H,2H2,1H3,(H,21,25)(H,22,26). The number of aryl methyl sites for hydroxylation is 1. The number of hydrogen-bond acceptors (Lipinski definition) is 4. The highest BCUT2D eigenvalue weighted by atomic mass is 19.1. The number of amides is 2. The number of carbonyl (C=O) groups excluding carboxylic acids is 2. The van der Waals surface area contributed by atoms with E-state index in [0.717, 1.165) is 16.8 Å². The van der Waals surface area contributed by atoms with Crippen molar-refractivity contribution in [3.63, 3.8) is 0 Å². The second kappa shape index (κ2) is 7.32. The molecule has 1 aromatic heterocycles. The third-order valence-electron chi connectivity index (χ3n) is 3.80. The summed E-state index contributed by atoms with van der Waals surface area (Å²) in [6, 6.07) is 8.71. The Bertz CT molecular complexity index is 1090. The van der Waals surface area contributed by atoms with Crippen LogP contribution in [-0.4, -0.2) is 21.6 Å². The number of nitrogens with zero attached hydrogens (tertiary/aromatic N) is 2. The predicted octanol–water partition coefficient (Wildman–Crippen LogP) is 1.77. The van der Waals surface area contributed by atoms with Gasteiger partial charge in [0, 0.05) is 23.6 Å². The van der Waals surface area contributed by atoms with E-state index in [0.29, 0.717) is 16.8 Å². The van der Waals surface area contributed by atoms with Gasteiger partial charge in [-0.05, 0) is 25.1 Å². The van der Waals surface area contributed by atoms with E-state index >= 15 is 0 Å². The first-order valence-electron chi connectivity index (χ1n) is 7.97. The van der Waals surface area contributed by atoms with Gasteiger partial charge in [-0.15, -0.1) is 0 Å². The Kier molecular flexibility index (Phi) is 4.93. The molecule has 1 heterocycles. The van der Waals surface area contributed by atoms with Crippen molar-refractivity contribution >= 4 is 22.6 Å². The van der Waals surface area contributed by atoms with Crippen molar-refractivity contribution in [3.05, 3.63) is 75.7 Å². The molecular weight excluding hydrogens is 358 g/mol. The summed E-state index contributed by atoms with van der Waals surface area (Å²) in [5.74, 6) is -3.53.